The van der Waals surface area contributed by atoms with E-state index in [2.05, 4.69) is 4.98 Å². The average Bonchev–Trinajstić information content (AvgIpc) is 3.08. The third-order valence-electron chi connectivity index (χ3n) is 4.13. The van der Waals surface area contributed by atoms with Gasteiger partial charge in [-0.2, -0.15) is 5.26 Å². The number of aromatic nitrogens is 1. The van der Waals surface area contributed by atoms with Crippen LogP contribution in [0.25, 0.3) is 10.2 Å². The first-order chi connectivity index (χ1) is 13.4. The molecule has 9 heteroatoms. The fourth-order valence-electron chi connectivity index (χ4n) is 2.73. The van der Waals surface area contributed by atoms with Gasteiger partial charge in [0.1, 0.15) is 11.3 Å². The topological polar surface area (TPSA) is 60.2 Å². The normalized spacial score (nSPS) is 10.6. The van der Waals surface area contributed by atoms with Gasteiger partial charge in [0.05, 0.1) is 16.3 Å². The van der Waals surface area contributed by atoms with Crippen molar-refractivity contribution < 1.29 is 13.6 Å². The Balaban J connectivity index is 0.00000300. The molecule has 0 atom stereocenters. The molecular formula is C20H19ClF2N4OS. The van der Waals surface area contributed by atoms with Crippen LogP contribution in [-0.2, 0) is 0 Å². The van der Waals surface area contributed by atoms with Gasteiger partial charge >= 0.3 is 0 Å². The second kappa shape index (κ2) is 9.74. The Hall–Kier alpha value is -2.60. The van der Waals surface area contributed by atoms with Gasteiger partial charge in [0.2, 0.25) is 0 Å². The Kier molecular flexibility index (Phi) is 7.62. The summed E-state index contributed by atoms with van der Waals surface area (Å²) < 4.78 is 27.9. The van der Waals surface area contributed by atoms with E-state index in [-0.39, 0.29) is 23.8 Å². The zero-order chi connectivity index (χ0) is 20.3. The lowest BCUT2D eigenvalue weighted by atomic mass is 10.1. The molecular weight excluding hydrogens is 418 g/mol. The van der Waals surface area contributed by atoms with E-state index in [0.717, 1.165) is 23.9 Å². The Bertz CT molecular complexity index is 1050. The van der Waals surface area contributed by atoms with Gasteiger partial charge in [-0.1, -0.05) is 11.3 Å². The average molecular weight is 437 g/mol. The van der Waals surface area contributed by atoms with Crippen molar-refractivity contribution in [1.82, 2.24) is 9.88 Å². The molecule has 0 unspecified atom stereocenters. The number of carbonyl (C=O) groups excluding carboxylic acids is 1. The molecule has 0 radical (unpaired) electrons. The highest BCUT2D eigenvalue weighted by Crippen LogP contribution is 2.32. The Morgan fingerprint density at radius 3 is 2.48 bits per heavy atom. The van der Waals surface area contributed by atoms with Gasteiger partial charge in [0, 0.05) is 18.2 Å². The molecule has 3 aromatic rings. The van der Waals surface area contributed by atoms with E-state index in [0.29, 0.717) is 33.9 Å². The maximum atomic E-state index is 14.1. The van der Waals surface area contributed by atoms with Gasteiger partial charge in [0.15, 0.2) is 10.9 Å². The fraction of sp³-hybridized carbons (Fsp3) is 0.250. The SMILES string of the molecule is CN(C)CCCN(C(=O)c1ccc(C#N)cc1)c1nc2c(F)cc(F)cc2s1.Cl. The van der Waals surface area contributed by atoms with Crippen LogP contribution in [0.15, 0.2) is 36.4 Å². The van der Waals surface area contributed by atoms with Crippen molar-refractivity contribution in [2.75, 3.05) is 32.1 Å². The Labute approximate surface area is 177 Å². The molecule has 0 spiro atoms. The van der Waals surface area contributed by atoms with Crippen LogP contribution < -0.4 is 4.90 Å². The van der Waals surface area contributed by atoms with Gasteiger partial charge in [-0.15, -0.1) is 12.4 Å². The van der Waals surface area contributed by atoms with E-state index in [9.17, 15) is 13.6 Å². The number of hydrogen-bond donors (Lipinski definition) is 0. The highest BCUT2D eigenvalue weighted by molar-refractivity contribution is 7.22. The van der Waals surface area contributed by atoms with Crippen LogP contribution in [0.2, 0.25) is 0 Å². The number of nitriles is 1. The van der Waals surface area contributed by atoms with E-state index in [1.54, 1.807) is 24.3 Å². The summed E-state index contributed by atoms with van der Waals surface area (Å²) in [6, 6.07) is 10.3. The van der Waals surface area contributed by atoms with Crippen LogP contribution in [0.3, 0.4) is 0 Å². The highest BCUT2D eigenvalue weighted by Gasteiger charge is 2.22. The molecule has 0 aliphatic heterocycles. The third kappa shape index (κ3) is 5.26. The minimum Gasteiger partial charge on any atom is -0.309 e. The highest BCUT2D eigenvalue weighted by atomic mass is 35.5. The summed E-state index contributed by atoms with van der Waals surface area (Å²) in [6.45, 7) is 1.13. The van der Waals surface area contributed by atoms with Crippen molar-refractivity contribution in [1.29, 1.82) is 5.26 Å². The molecule has 0 N–H and O–H groups in total. The first kappa shape index (κ1) is 22.7. The van der Waals surface area contributed by atoms with Crippen LogP contribution in [0, 0.1) is 23.0 Å². The van der Waals surface area contributed by atoms with E-state index < -0.39 is 11.6 Å². The molecule has 3 rings (SSSR count). The molecule has 0 saturated carbocycles. The lowest BCUT2D eigenvalue weighted by molar-refractivity contribution is 0.0986. The largest absolute Gasteiger partial charge is 0.309 e. The fourth-order valence-corrected chi connectivity index (χ4v) is 3.76. The molecule has 1 aromatic heterocycles. The van der Waals surface area contributed by atoms with Crippen molar-refractivity contribution in [2.45, 2.75) is 6.42 Å². The van der Waals surface area contributed by atoms with Gasteiger partial charge in [-0.05, 0) is 57.4 Å². The van der Waals surface area contributed by atoms with Crippen LogP contribution in [0.1, 0.15) is 22.3 Å². The van der Waals surface area contributed by atoms with Crippen molar-refractivity contribution >= 4 is 45.0 Å². The standard InChI is InChI=1S/C20H18F2N4OS.ClH/c1-25(2)8-3-9-26(19(27)14-6-4-13(12-23)5-7-14)20-24-18-16(22)10-15(21)11-17(18)28-20;/h4-7,10-11H,3,8-9H2,1-2H3;1H. The zero-order valence-corrected chi connectivity index (χ0v) is 17.5. The number of fused-ring (bicyclic) bond motifs is 1. The van der Waals surface area contributed by atoms with E-state index in [1.807, 2.05) is 25.1 Å². The van der Waals surface area contributed by atoms with Crippen molar-refractivity contribution in [3.05, 3.63) is 59.2 Å². The minimum absolute atomic E-state index is 0. The van der Waals surface area contributed by atoms with Crippen LogP contribution in [-0.4, -0.2) is 43.0 Å². The predicted molar refractivity (Wildman–Crippen MR) is 113 cm³/mol. The third-order valence-corrected chi connectivity index (χ3v) is 5.15. The summed E-state index contributed by atoms with van der Waals surface area (Å²) in [6.07, 6.45) is 0.682. The number of benzene rings is 2. The predicted octanol–water partition coefficient (Wildman–Crippen LogP) is 4.47. The molecule has 5 nitrogen and oxygen atoms in total. The second-order valence-electron chi connectivity index (χ2n) is 6.53. The molecule has 2 aromatic carbocycles. The summed E-state index contributed by atoms with van der Waals surface area (Å²) in [5.74, 6) is -1.74. The van der Waals surface area contributed by atoms with Crippen molar-refractivity contribution in [2.24, 2.45) is 0 Å². The quantitative estimate of drug-likeness (QED) is 0.572. The van der Waals surface area contributed by atoms with Gasteiger partial charge in [0.25, 0.3) is 5.91 Å². The van der Waals surface area contributed by atoms with Crippen molar-refractivity contribution in [3.63, 3.8) is 0 Å². The maximum Gasteiger partial charge on any atom is 0.260 e. The van der Waals surface area contributed by atoms with Crippen LogP contribution >= 0.6 is 23.7 Å². The molecule has 0 bridgehead atoms. The van der Waals surface area contributed by atoms with Crippen LogP contribution in [0.5, 0.6) is 0 Å². The molecule has 29 heavy (non-hydrogen) atoms. The number of rotatable bonds is 6. The monoisotopic (exact) mass is 436 g/mol. The van der Waals surface area contributed by atoms with E-state index >= 15 is 0 Å². The van der Waals surface area contributed by atoms with Gasteiger partial charge < -0.3 is 4.90 Å². The summed E-state index contributed by atoms with van der Waals surface area (Å²) in [5.41, 5.74) is 0.898. The molecule has 0 saturated heterocycles. The number of thiazole rings is 1. The lowest BCUT2D eigenvalue weighted by Gasteiger charge is -2.21. The number of carbonyl (C=O) groups is 1. The molecule has 0 aliphatic carbocycles. The molecule has 1 heterocycles. The number of halogens is 3. The summed E-state index contributed by atoms with van der Waals surface area (Å²) >= 11 is 1.07. The van der Waals surface area contributed by atoms with Gasteiger partial charge in [-0.3, -0.25) is 9.69 Å². The number of anilines is 1. The first-order valence-electron chi connectivity index (χ1n) is 8.61. The lowest BCUT2D eigenvalue weighted by Crippen LogP contribution is -2.33. The molecule has 0 aliphatic rings. The second-order valence-corrected chi connectivity index (χ2v) is 7.54. The molecule has 1 amide bonds. The maximum absolute atomic E-state index is 14.1. The summed E-state index contributed by atoms with van der Waals surface area (Å²) in [5, 5.41) is 9.24. The van der Waals surface area contributed by atoms with Crippen LogP contribution in [0.4, 0.5) is 13.9 Å². The molecule has 0 fully saturated rings. The smallest absolute Gasteiger partial charge is 0.260 e. The number of amides is 1. The van der Waals surface area contributed by atoms with E-state index in [4.69, 9.17) is 5.26 Å². The molecule has 152 valence electrons. The first-order valence-corrected chi connectivity index (χ1v) is 9.43. The summed E-state index contributed by atoms with van der Waals surface area (Å²) in [7, 11) is 3.87. The zero-order valence-electron chi connectivity index (χ0n) is 15.9. The van der Waals surface area contributed by atoms with E-state index in [1.165, 1.54) is 11.0 Å². The Morgan fingerprint density at radius 1 is 1.17 bits per heavy atom. The minimum atomic E-state index is -0.753. The number of nitrogens with zero attached hydrogens (tertiary/aromatic N) is 4. The summed E-state index contributed by atoms with van der Waals surface area (Å²) in [4.78, 5) is 20.8. The Morgan fingerprint density at radius 2 is 1.86 bits per heavy atom. The number of hydrogen-bond acceptors (Lipinski definition) is 5. The van der Waals surface area contributed by atoms with Gasteiger partial charge in [-0.25, -0.2) is 13.8 Å². The van der Waals surface area contributed by atoms with Crippen molar-refractivity contribution in [3.8, 4) is 6.07 Å².